The molecule has 16 heavy (non-hydrogen) atoms. The summed E-state index contributed by atoms with van der Waals surface area (Å²) in [5.74, 6) is -1.41. The van der Waals surface area contributed by atoms with E-state index in [-0.39, 0.29) is 12.5 Å². The number of aliphatic carboxylic acids is 1. The number of aromatic nitrogens is 1. The first-order valence-electron chi connectivity index (χ1n) is 4.65. The van der Waals surface area contributed by atoms with E-state index < -0.39 is 5.97 Å². The van der Waals surface area contributed by atoms with Crippen molar-refractivity contribution in [3.05, 3.63) is 36.2 Å². The predicted octanol–water partition coefficient (Wildman–Crippen LogP) is 0.638. The Hall–Kier alpha value is -2.17. The molecule has 0 aliphatic carbocycles. The zero-order valence-electron chi connectivity index (χ0n) is 8.83. The minimum atomic E-state index is -1.04. The van der Waals surface area contributed by atoms with Crippen LogP contribution in [0.1, 0.15) is 5.69 Å². The van der Waals surface area contributed by atoms with Gasteiger partial charge >= 0.3 is 5.97 Å². The Kier molecular flexibility index (Phi) is 4.20. The summed E-state index contributed by atoms with van der Waals surface area (Å²) in [4.78, 5) is 26.9. The van der Waals surface area contributed by atoms with Gasteiger partial charge in [0.2, 0.25) is 5.91 Å². The van der Waals surface area contributed by atoms with E-state index in [2.05, 4.69) is 4.98 Å². The van der Waals surface area contributed by atoms with Crippen molar-refractivity contribution in [1.82, 2.24) is 9.88 Å². The largest absolute Gasteiger partial charge is 0.480 e. The summed E-state index contributed by atoms with van der Waals surface area (Å²) in [6, 6.07) is 5.33. The average molecular weight is 220 g/mol. The van der Waals surface area contributed by atoms with Crippen LogP contribution in [0.25, 0.3) is 6.08 Å². The molecule has 0 bridgehead atoms. The van der Waals surface area contributed by atoms with Crippen molar-refractivity contribution >= 4 is 18.0 Å². The third-order valence-electron chi connectivity index (χ3n) is 1.83. The Morgan fingerprint density at radius 3 is 2.81 bits per heavy atom. The normalized spacial score (nSPS) is 10.3. The van der Waals surface area contributed by atoms with Crippen LogP contribution in [0.3, 0.4) is 0 Å². The molecule has 1 aromatic heterocycles. The van der Waals surface area contributed by atoms with Crippen molar-refractivity contribution in [1.29, 1.82) is 0 Å². The summed E-state index contributed by atoms with van der Waals surface area (Å²) < 4.78 is 0. The maximum Gasteiger partial charge on any atom is 0.323 e. The van der Waals surface area contributed by atoms with Gasteiger partial charge in [-0.1, -0.05) is 6.07 Å². The van der Waals surface area contributed by atoms with Gasteiger partial charge in [0.1, 0.15) is 6.54 Å². The van der Waals surface area contributed by atoms with E-state index in [1.165, 1.54) is 13.1 Å². The van der Waals surface area contributed by atoms with E-state index in [9.17, 15) is 9.59 Å². The van der Waals surface area contributed by atoms with Crippen LogP contribution in [-0.4, -0.2) is 40.5 Å². The van der Waals surface area contributed by atoms with Crippen molar-refractivity contribution < 1.29 is 14.7 Å². The molecule has 0 aliphatic heterocycles. The fourth-order valence-corrected chi connectivity index (χ4v) is 1.04. The predicted molar refractivity (Wildman–Crippen MR) is 58.5 cm³/mol. The van der Waals surface area contributed by atoms with Crippen LogP contribution < -0.4 is 0 Å². The summed E-state index contributed by atoms with van der Waals surface area (Å²) in [6.45, 7) is -0.314. The number of nitrogens with zero attached hydrogens (tertiary/aromatic N) is 2. The molecule has 1 rings (SSSR count). The lowest BCUT2D eigenvalue weighted by Crippen LogP contribution is -2.30. The van der Waals surface area contributed by atoms with E-state index in [4.69, 9.17) is 5.11 Å². The van der Waals surface area contributed by atoms with Crippen molar-refractivity contribution in [2.75, 3.05) is 13.6 Å². The molecule has 0 fully saturated rings. The molecule has 0 saturated carbocycles. The number of carbonyl (C=O) groups is 2. The van der Waals surface area contributed by atoms with Crippen LogP contribution in [0.15, 0.2) is 30.5 Å². The van der Waals surface area contributed by atoms with Crippen LogP contribution in [0.2, 0.25) is 0 Å². The molecule has 0 radical (unpaired) electrons. The number of hydrogen-bond acceptors (Lipinski definition) is 3. The first kappa shape index (κ1) is 11.9. The van der Waals surface area contributed by atoms with Crippen molar-refractivity contribution in [3.63, 3.8) is 0 Å². The second-order valence-corrected chi connectivity index (χ2v) is 3.18. The maximum absolute atomic E-state index is 11.4. The number of likely N-dealkylation sites (N-methyl/N-ethyl adjacent to an activating group) is 1. The average Bonchev–Trinajstić information content (AvgIpc) is 2.26. The molecule has 0 saturated heterocycles. The van der Waals surface area contributed by atoms with Gasteiger partial charge in [0, 0.05) is 19.3 Å². The van der Waals surface area contributed by atoms with Crippen LogP contribution in [0.4, 0.5) is 0 Å². The Bertz CT molecular complexity index is 401. The lowest BCUT2D eigenvalue weighted by molar-refractivity contribution is -0.141. The smallest absolute Gasteiger partial charge is 0.323 e. The summed E-state index contributed by atoms with van der Waals surface area (Å²) in [6.07, 6.45) is 4.46. The van der Waals surface area contributed by atoms with Gasteiger partial charge in [-0.3, -0.25) is 14.6 Å². The number of pyridine rings is 1. The van der Waals surface area contributed by atoms with E-state index in [0.29, 0.717) is 5.69 Å². The topological polar surface area (TPSA) is 70.5 Å². The third kappa shape index (κ3) is 3.91. The SMILES string of the molecule is CN(CC(=O)O)C(=O)/C=C/c1ccccn1. The van der Waals surface area contributed by atoms with Crippen LogP contribution in [0, 0.1) is 0 Å². The lowest BCUT2D eigenvalue weighted by atomic mass is 10.3. The second-order valence-electron chi connectivity index (χ2n) is 3.18. The molecule has 1 aromatic rings. The summed E-state index contributed by atoms with van der Waals surface area (Å²) in [7, 11) is 1.43. The molecule has 0 spiro atoms. The molecular formula is C11H12N2O3. The fraction of sp³-hybridized carbons (Fsp3) is 0.182. The lowest BCUT2D eigenvalue weighted by Gasteiger charge is -2.10. The highest BCUT2D eigenvalue weighted by atomic mass is 16.4. The van der Waals surface area contributed by atoms with Gasteiger partial charge in [-0.25, -0.2) is 0 Å². The molecular weight excluding hydrogens is 208 g/mol. The van der Waals surface area contributed by atoms with Gasteiger partial charge in [-0.2, -0.15) is 0 Å². The van der Waals surface area contributed by atoms with Crippen molar-refractivity contribution in [2.45, 2.75) is 0 Å². The fourth-order valence-electron chi connectivity index (χ4n) is 1.04. The summed E-state index contributed by atoms with van der Waals surface area (Å²) in [5.41, 5.74) is 0.652. The highest BCUT2D eigenvalue weighted by molar-refractivity contribution is 5.93. The summed E-state index contributed by atoms with van der Waals surface area (Å²) in [5, 5.41) is 8.49. The molecule has 0 aromatic carbocycles. The Labute approximate surface area is 93.0 Å². The standard InChI is InChI=1S/C11H12N2O3/c1-13(8-11(15)16)10(14)6-5-9-4-2-3-7-12-9/h2-7H,8H2,1H3,(H,15,16)/b6-5+. The monoisotopic (exact) mass is 220 g/mol. The minimum Gasteiger partial charge on any atom is -0.480 e. The molecule has 1 N–H and O–H groups in total. The van der Waals surface area contributed by atoms with Gasteiger partial charge in [0.15, 0.2) is 0 Å². The number of carboxylic acids is 1. The van der Waals surface area contributed by atoms with Gasteiger partial charge in [0.05, 0.1) is 5.69 Å². The number of carbonyl (C=O) groups excluding carboxylic acids is 1. The van der Waals surface area contributed by atoms with E-state index in [1.807, 2.05) is 0 Å². The Morgan fingerprint density at radius 1 is 1.50 bits per heavy atom. The maximum atomic E-state index is 11.4. The molecule has 0 unspecified atom stereocenters. The minimum absolute atomic E-state index is 0.314. The molecule has 1 heterocycles. The van der Waals surface area contributed by atoms with Crippen LogP contribution >= 0.6 is 0 Å². The van der Waals surface area contributed by atoms with Crippen molar-refractivity contribution in [2.24, 2.45) is 0 Å². The Morgan fingerprint density at radius 2 is 2.25 bits per heavy atom. The number of hydrogen-bond donors (Lipinski definition) is 1. The molecule has 84 valence electrons. The Balaban J connectivity index is 2.57. The molecule has 1 amide bonds. The van der Waals surface area contributed by atoms with Gasteiger partial charge in [0.25, 0.3) is 0 Å². The highest BCUT2D eigenvalue weighted by Crippen LogP contribution is 1.97. The van der Waals surface area contributed by atoms with Gasteiger partial charge in [-0.05, 0) is 18.2 Å². The third-order valence-corrected chi connectivity index (χ3v) is 1.83. The number of amides is 1. The second kappa shape index (κ2) is 5.65. The quantitative estimate of drug-likeness (QED) is 0.756. The van der Waals surface area contributed by atoms with Crippen LogP contribution in [-0.2, 0) is 9.59 Å². The van der Waals surface area contributed by atoms with Crippen molar-refractivity contribution in [3.8, 4) is 0 Å². The molecule has 0 atom stereocenters. The molecule has 0 aliphatic rings. The number of carboxylic acid groups (broad SMARTS) is 1. The first-order valence-corrected chi connectivity index (χ1v) is 4.65. The van der Waals surface area contributed by atoms with Gasteiger partial charge in [-0.15, -0.1) is 0 Å². The summed E-state index contributed by atoms with van der Waals surface area (Å²) >= 11 is 0. The van der Waals surface area contributed by atoms with E-state index >= 15 is 0 Å². The molecule has 5 nitrogen and oxygen atoms in total. The zero-order valence-corrected chi connectivity index (χ0v) is 8.83. The zero-order chi connectivity index (χ0) is 12.0. The first-order chi connectivity index (χ1) is 7.59. The van der Waals surface area contributed by atoms with E-state index in [0.717, 1.165) is 4.90 Å². The highest BCUT2D eigenvalue weighted by Gasteiger charge is 2.08. The van der Waals surface area contributed by atoms with Gasteiger partial charge < -0.3 is 10.0 Å². The number of rotatable bonds is 4. The van der Waals surface area contributed by atoms with Crippen LogP contribution in [0.5, 0.6) is 0 Å². The molecule has 5 heteroatoms. The van der Waals surface area contributed by atoms with E-state index in [1.54, 1.807) is 30.5 Å².